The molecule has 8 heteroatoms. The summed E-state index contributed by atoms with van der Waals surface area (Å²) in [5.74, 6) is -1.12. The molecule has 138 valence electrons. The number of nitrogens with zero attached hydrogens (tertiary/aromatic N) is 2. The van der Waals surface area contributed by atoms with Crippen LogP contribution >= 0.6 is 11.6 Å². The monoisotopic (exact) mass is 384 g/mol. The van der Waals surface area contributed by atoms with Gasteiger partial charge in [-0.15, -0.1) is 0 Å². The molecule has 0 fully saturated rings. The van der Waals surface area contributed by atoms with E-state index in [1.807, 2.05) is 0 Å². The molecule has 0 radical (unpaired) electrons. The number of halogens is 1. The van der Waals surface area contributed by atoms with Gasteiger partial charge in [-0.3, -0.25) is 25.2 Å². The predicted molar refractivity (Wildman–Crippen MR) is 103 cm³/mol. The number of amides is 2. The van der Waals surface area contributed by atoms with Crippen molar-refractivity contribution in [3.8, 4) is 0 Å². The summed E-state index contributed by atoms with van der Waals surface area (Å²) in [5.41, 5.74) is 4.79. The number of carbonyl (C=O) groups is 2. The Balaban J connectivity index is 1.89. The van der Waals surface area contributed by atoms with Crippen molar-refractivity contribution >= 4 is 34.2 Å². The van der Waals surface area contributed by atoms with Crippen molar-refractivity contribution in [3.05, 3.63) is 75.2 Å². The highest BCUT2D eigenvalue weighted by Crippen LogP contribution is 2.14. The SMILES string of the molecule is CC(C)n1nc(C(=O)NNC(=O)c2ccc(Cl)cc2)c2ccccc2c1=O. The van der Waals surface area contributed by atoms with Crippen LogP contribution in [0.2, 0.25) is 5.02 Å². The molecule has 0 aliphatic carbocycles. The molecular weight excluding hydrogens is 368 g/mol. The second-order valence-electron chi connectivity index (χ2n) is 6.15. The van der Waals surface area contributed by atoms with Gasteiger partial charge in [-0.1, -0.05) is 29.8 Å². The van der Waals surface area contributed by atoms with E-state index >= 15 is 0 Å². The lowest BCUT2D eigenvalue weighted by molar-refractivity contribution is 0.0843. The maximum absolute atomic E-state index is 12.6. The van der Waals surface area contributed by atoms with Gasteiger partial charge in [0.25, 0.3) is 17.4 Å². The third kappa shape index (κ3) is 3.83. The molecule has 0 aliphatic rings. The van der Waals surface area contributed by atoms with Crippen molar-refractivity contribution in [1.82, 2.24) is 20.6 Å². The largest absolute Gasteiger partial charge is 0.290 e. The predicted octanol–water partition coefficient (Wildman–Crippen LogP) is 2.71. The maximum atomic E-state index is 12.6. The highest BCUT2D eigenvalue weighted by molar-refractivity contribution is 6.30. The highest BCUT2D eigenvalue weighted by atomic mass is 35.5. The molecular formula is C19H17ClN4O3. The number of hydrogen-bond donors (Lipinski definition) is 2. The van der Waals surface area contributed by atoms with E-state index in [1.165, 1.54) is 16.8 Å². The normalized spacial score (nSPS) is 10.8. The van der Waals surface area contributed by atoms with Crippen LogP contribution in [0.15, 0.2) is 53.3 Å². The summed E-state index contributed by atoms with van der Waals surface area (Å²) < 4.78 is 1.25. The zero-order valence-electron chi connectivity index (χ0n) is 14.7. The van der Waals surface area contributed by atoms with Crippen molar-refractivity contribution in [3.63, 3.8) is 0 Å². The van der Waals surface area contributed by atoms with Crippen molar-refractivity contribution in [2.75, 3.05) is 0 Å². The van der Waals surface area contributed by atoms with E-state index in [2.05, 4.69) is 16.0 Å². The average Bonchev–Trinajstić information content (AvgIpc) is 2.66. The van der Waals surface area contributed by atoms with Gasteiger partial charge in [0, 0.05) is 16.0 Å². The van der Waals surface area contributed by atoms with Crippen molar-refractivity contribution < 1.29 is 9.59 Å². The van der Waals surface area contributed by atoms with Gasteiger partial charge in [-0.25, -0.2) is 4.68 Å². The molecule has 1 aromatic heterocycles. The van der Waals surface area contributed by atoms with E-state index in [0.29, 0.717) is 21.4 Å². The van der Waals surface area contributed by atoms with Crippen LogP contribution in [0.4, 0.5) is 0 Å². The van der Waals surface area contributed by atoms with Gasteiger partial charge in [-0.2, -0.15) is 5.10 Å². The Bertz CT molecular complexity index is 1070. The standard InChI is InChI=1S/C19H17ClN4O3/c1-11(2)24-19(27)15-6-4-3-5-14(15)16(23-24)18(26)22-21-17(25)12-7-9-13(20)10-8-12/h3-11H,1-2H3,(H,21,25)(H,22,26). The minimum absolute atomic E-state index is 0.0512. The molecule has 0 aliphatic heterocycles. The van der Waals surface area contributed by atoms with E-state index in [-0.39, 0.29) is 17.3 Å². The van der Waals surface area contributed by atoms with Gasteiger partial charge in [0.2, 0.25) is 0 Å². The molecule has 0 spiro atoms. The smallest absolute Gasteiger partial charge is 0.267 e. The Hall–Kier alpha value is -3.19. The Morgan fingerprint density at radius 1 is 0.963 bits per heavy atom. The van der Waals surface area contributed by atoms with E-state index in [4.69, 9.17) is 11.6 Å². The Kier molecular flexibility index (Phi) is 5.23. The number of rotatable bonds is 3. The number of hydrazine groups is 1. The molecule has 3 rings (SSSR count). The van der Waals surface area contributed by atoms with E-state index in [9.17, 15) is 14.4 Å². The fourth-order valence-electron chi connectivity index (χ4n) is 2.57. The fraction of sp³-hybridized carbons (Fsp3) is 0.158. The molecule has 1 heterocycles. The molecule has 0 saturated carbocycles. The zero-order valence-corrected chi connectivity index (χ0v) is 15.4. The molecule has 0 bridgehead atoms. The van der Waals surface area contributed by atoms with Crippen LogP contribution in [-0.4, -0.2) is 21.6 Å². The van der Waals surface area contributed by atoms with Crippen LogP contribution in [-0.2, 0) is 0 Å². The topological polar surface area (TPSA) is 93.1 Å². The molecule has 0 unspecified atom stereocenters. The average molecular weight is 385 g/mol. The second kappa shape index (κ2) is 7.59. The van der Waals surface area contributed by atoms with E-state index < -0.39 is 11.8 Å². The van der Waals surface area contributed by atoms with Crippen LogP contribution < -0.4 is 16.4 Å². The van der Waals surface area contributed by atoms with Gasteiger partial charge in [-0.05, 0) is 44.2 Å². The van der Waals surface area contributed by atoms with Gasteiger partial charge in [0.1, 0.15) is 0 Å². The molecule has 0 atom stereocenters. The summed E-state index contributed by atoms with van der Waals surface area (Å²) in [6.45, 7) is 3.60. The van der Waals surface area contributed by atoms with Gasteiger partial charge < -0.3 is 0 Å². The first kappa shape index (κ1) is 18.6. The lowest BCUT2D eigenvalue weighted by atomic mass is 10.1. The molecule has 3 aromatic rings. The first-order valence-electron chi connectivity index (χ1n) is 8.26. The van der Waals surface area contributed by atoms with Crippen LogP contribution in [0.25, 0.3) is 10.8 Å². The quantitative estimate of drug-likeness (QED) is 0.679. The summed E-state index contributed by atoms with van der Waals surface area (Å²) in [4.78, 5) is 37.3. The van der Waals surface area contributed by atoms with Crippen LogP contribution in [0.1, 0.15) is 40.7 Å². The highest BCUT2D eigenvalue weighted by Gasteiger charge is 2.18. The van der Waals surface area contributed by atoms with Crippen LogP contribution in [0, 0.1) is 0 Å². The lowest BCUT2D eigenvalue weighted by Gasteiger charge is -2.13. The first-order chi connectivity index (χ1) is 12.9. The summed E-state index contributed by atoms with van der Waals surface area (Å²) in [6, 6.07) is 12.7. The molecule has 7 nitrogen and oxygen atoms in total. The molecule has 2 aromatic carbocycles. The summed E-state index contributed by atoms with van der Waals surface area (Å²) in [6.07, 6.45) is 0. The Morgan fingerprint density at radius 3 is 2.19 bits per heavy atom. The lowest BCUT2D eigenvalue weighted by Crippen LogP contribution is -2.42. The minimum atomic E-state index is -0.622. The van der Waals surface area contributed by atoms with Crippen molar-refractivity contribution in [1.29, 1.82) is 0 Å². The van der Waals surface area contributed by atoms with E-state index in [0.717, 1.165) is 0 Å². The number of carbonyl (C=O) groups excluding carboxylic acids is 2. The summed E-state index contributed by atoms with van der Waals surface area (Å²) >= 11 is 5.79. The zero-order chi connectivity index (χ0) is 19.6. The Labute approximate surface area is 159 Å². The number of nitrogens with one attached hydrogen (secondary N) is 2. The number of hydrogen-bond acceptors (Lipinski definition) is 4. The number of aromatic nitrogens is 2. The first-order valence-corrected chi connectivity index (χ1v) is 8.64. The van der Waals surface area contributed by atoms with Crippen LogP contribution in [0.3, 0.4) is 0 Å². The van der Waals surface area contributed by atoms with E-state index in [1.54, 1.807) is 50.2 Å². The molecule has 2 N–H and O–H groups in total. The third-order valence-electron chi connectivity index (χ3n) is 3.93. The minimum Gasteiger partial charge on any atom is -0.267 e. The van der Waals surface area contributed by atoms with Gasteiger partial charge >= 0.3 is 0 Å². The number of fused-ring (bicyclic) bond motifs is 1. The second-order valence-corrected chi connectivity index (χ2v) is 6.59. The third-order valence-corrected chi connectivity index (χ3v) is 4.18. The molecule has 27 heavy (non-hydrogen) atoms. The van der Waals surface area contributed by atoms with Gasteiger partial charge in [0.05, 0.1) is 11.4 Å². The van der Waals surface area contributed by atoms with Crippen molar-refractivity contribution in [2.24, 2.45) is 0 Å². The maximum Gasteiger partial charge on any atom is 0.290 e. The van der Waals surface area contributed by atoms with Crippen molar-refractivity contribution in [2.45, 2.75) is 19.9 Å². The Morgan fingerprint density at radius 2 is 1.56 bits per heavy atom. The van der Waals surface area contributed by atoms with Crippen LogP contribution in [0.5, 0.6) is 0 Å². The fourth-order valence-corrected chi connectivity index (χ4v) is 2.70. The summed E-state index contributed by atoms with van der Waals surface area (Å²) in [7, 11) is 0. The number of benzene rings is 2. The molecule has 2 amide bonds. The molecule has 0 saturated heterocycles. The summed E-state index contributed by atoms with van der Waals surface area (Å²) in [5, 5.41) is 5.49. The van der Waals surface area contributed by atoms with Gasteiger partial charge in [0.15, 0.2) is 5.69 Å².